The highest BCUT2D eigenvalue weighted by atomic mass is 35.5. The minimum Gasteiger partial charge on any atom is -0.485 e. The molecule has 0 amide bonds. The van der Waals surface area contributed by atoms with Crippen LogP contribution in [0.5, 0.6) is 5.75 Å². The first-order valence-corrected chi connectivity index (χ1v) is 14.4. The van der Waals surface area contributed by atoms with E-state index in [0.29, 0.717) is 5.92 Å². The molecule has 5 rings (SSSR count). The van der Waals surface area contributed by atoms with Crippen molar-refractivity contribution < 1.29 is 4.74 Å². The van der Waals surface area contributed by atoms with Crippen LogP contribution in [-0.2, 0) is 6.42 Å². The predicted octanol–water partition coefficient (Wildman–Crippen LogP) is 7.26. The Hall–Kier alpha value is -2.24. The van der Waals surface area contributed by atoms with Gasteiger partial charge in [0.2, 0.25) is 0 Å². The molecule has 0 bridgehead atoms. The molecule has 1 saturated heterocycles. The number of fused-ring (bicyclic) bond motifs is 1. The van der Waals surface area contributed by atoms with Gasteiger partial charge in [0.25, 0.3) is 0 Å². The first kappa shape index (κ1) is 32.3. The second kappa shape index (κ2) is 14.1. The summed E-state index contributed by atoms with van der Waals surface area (Å²) in [4.78, 5) is 2.71. The van der Waals surface area contributed by atoms with E-state index in [4.69, 9.17) is 10.5 Å². The number of nitrogens with two attached hydrogens (primary N) is 1. The normalized spacial score (nSPS) is 18.6. The van der Waals surface area contributed by atoms with Gasteiger partial charge in [-0.15, -0.1) is 24.8 Å². The zero-order valence-corrected chi connectivity index (χ0v) is 26.2. The molecule has 40 heavy (non-hydrogen) atoms. The van der Waals surface area contributed by atoms with Crippen molar-refractivity contribution in [3.8, 4) is 5.75 Å². The highest BCUT2D eigenvalue weighted by Crippen LogP contribution is 2.44. The Labute approximate surface area is 253 Å². The summed E-state index contributed by atoms with van der Waals surface area (Å²) in [6.45, 7) is 14.1. The van der Waals surface area contributed by atoms with Gasteiger partial charge in [0.1, 0.15) is 11.4 Å². The summed E-state index contributed by atoms with van der Waals surface area (Å²) < 4.78 is 6.83. The van der Waals surface area contributed by atoms with E-state index in [1.165, 1.54) is 40.7 Å². The molecular weight excluding hydrogens is 537 g/mol. The zero-order valence-electron chi connectivity index (χ0n) is 24.5. The van der Waals surface area contributed by atoms with Crippen LogP contribution in [0.15, 0.2) is 60.7 Å². The van der Waals surface area contributed by atoms with Crippen LogP contribution in [0.1, 0.15) is 65.5 Å². The first-order chi connectivity index (χ1) is 18.3. The fourth-order valence-electron chi connectivity index (χ4n) is 6.65. The van der Waals surface area contributed by atoms with E-state index in [2.05, 4.69) is 98.6 Å². The Kier molecular flexibility index (Phi) is 11.4. The van der Waals surface area contributed by atoms with Crippen LogP contribution in [-0.4, -0.2) is 43.2 Å². The van der Waals surface area contributed by atoms with Crippen molar-refractivity contribution in [1.82, 2.24) is 10.2 Å². The number of benzene rings is 3. The molecule has 0 spiro atoms. The molecule has 6 heteroatoms. The maximum absolute atomic E-state index is 6.83. The number of anilines is 1. The van der Waals surface area contributed by atoms with Gasteiger partial charge in [0, 0.05) is 36.7 Å². The smallest absolute Gasteiger partial charge is 0.127 e. The van der Waals surface area contributed by atoms with Crippen molar-refractivity contribution >= 4 is 30.5 Å². The molecule has 0 saturated carbocycles. The third kappa shape index (κ3) is 7.15. The Morgan fingerprint density at radius 1 is 0.900 bits per heavy atom. The largest absolute Gasteiger partial charge is 0.485 e. The van der Waals surface area contributed by atoms with Crippen LogP contribution in [0.3, 0.4) is 0 Å². The van der Waals surface area contributed by atoms with Gasteiger partial charge in [-0.25, -0.2) is 0 Å². The summed E-state index contributed by atoms with van der Waals surface area (Å²) in [7, 11) is 0. The lowest BCUT2D eigenvalue weighted by atomic mass is 9.87. The Balaban J connectivity index is 0.00000220. The fourth-order valence-corrected chi connectivity index (χ4v) is 6.65. The molecule has 3 aromatic rings. The zero-order chi connectivity index (χ0) is 26.7. The van der Waals surface area contributed by atoms with E-state index in [9.17, 15) is 0 Å². The second-order valence-corrected chi connectivity index (χ2v) is 11.9. The number of piperidine rings is 1. The lowest BCUT2D eigenvalue weighted by molar-refractivity contribution is 0.0525. The number of nitrogen functional groups attached to an aromatic ring is 1. The molecule has 0 aliphatic carbocycles. The number of hydrogen-bond donors (Lipinski definition) is 2. The standard InChI is InChI=1S/C34H45N3O.2ClH/c1-24-25(2)33-31(26(3)32(24)35)21-34(4,38-33)23-37(22-27-15-18-36-19-16-27)20-17-30(28-11-7-5-8-12-28)29-13-9-6-10-14-29;;/h5-14,27,30,36H,15-23,35H2,1-4H3;2*1H. The van der Waals surface area contributed by atoms with Gasteiger partial charge >= 0.3 is 0 Å². The van der Waals surface area contributed by atoms with Crippen molar-refractivity contribution in [1.29, 1.82) is 0 Å². The average molecular weight is 585 g/mol. The highest BCUT2D eigenvalue weighted by molar-refractivity contribution is 5.85. The minimum atomic E-state index is -0.250. The monoisotopic (exact) mass is 583 g/mol. The number of halogens is 2. The molecule has 1 unspecified atom stereocenters. The van der Waals surface area contributed by atoms with Gasteiger partial charge in [0.15, 0.2) is 0 Å². The van der Waals surface area contributed by atoms with E-state index in [0.717, 1.165) is 68.5 Å². The van der Waals surface area contributed by atoms with Crippen LogP contribution >= 0.6 is 24.8 Å². The lowest BCUT2D eigenvalue weighted by Crippen LogP contribution is -2.47. The number of hydrogen-bond acceptors (Lipinski definition) is 4. The highest BCUT2D eigenvalue weighted by Gasteiger charge is 2.39. The van der Waals surface area contributed by atoms with Crippen molar-refractivity contribution in [2.45, 2.75) is 64.9 Å². The summed E-state index contributed by atoms with van der Waals surface area (Å²) >= 11 is 0. The van der Waals surface area contributed by atoms with Crippen LogP contribution in [0, 0.1) is 26.7 Å². The second-order valence-electron chi connectivity index (χ2n) is 11.9. The summed E-state index contributed by atoms with van der Waals surface area (Å²) in [5.41, 5.74) is 14.8. The van der Waals surface area contributed by atoms with Gasteiger partial charge in [0.05, 0.1) is 0 Å². The number of nitrogens with zero attached hydrogens (tertiary/aromatic N) is 1. The molecule has 2 aliphatic rings. The van der Waals surface area contributed by atoms with Gasteiger partial charge in [-0.1, -0.05) is 60.7 Å². The molecule has 218 valence electrons. The van der Waals surface area contributed by atoms with Gasteiger partial charge in [-0.2, -0.15) is 0 Å². The van der Waals surface area contributed by atoms with Crippen molar-refractivity contribution in [3.05, 3.63) is 94.0 Å². The lowest BCUT2D eigenvalue weighted by Gasteiger charge is -2.36. The maximum atomic E-state index is 6.83. The summed E-state index contributed by atoms with van der Waals surface area (Å²) in [6, 6.07) is 22.0. The molecule has 3 N–H and O–H groups in total. The molecule has 0 aromatic heterocycles. The quantitative estimate of drug-likeness (QED) is 0.260. The van der Waals surface area contributed by atoms with Gasteiger partial charge < -0.3 is 15.8 Å². The van der Waals surface area contributed by atoms with E-state index in [1.807, 2.05) is 0 Å². The SMILES string of the molecule is Cc1c(C)c2c(c(C)c1N)CC(C)(CN(CCC(c1ccccc1)c1ccccc1)CC1CCNCC1)O2.Cl.Cl. The predicted molar refractivity (Wildman–Crippen MR) is 174 cm³/mol. The molecule has 2 heterocycles. The van der Waals surface area contributed by atoms with Crippen LogP contribution in [0.2, 0.25) is 0 Å². The molecule has 2 aliphatic heterocycles. The van der Waals surface area contributed by atoms with Crippen LogP contribution in [0.25, 0.3) is 0 Å². The average Bonchev–Trinajstić information content (AvgIpc) is 3.30. The number of rotatable bonds is 9. The molecule has 4 nitrogen and oxygen atoms in total. The van der Waals surface area contributed by atoms with Crippen molar-refractivity contribution in [2.75, 3.05) is 38.5 Å². The van der Waals surface area contributed by atoms with Crippen molar-refractivity contribution in [2.24, 2.45) is 5.92 Å². The third-order valence-electron chi connectivity index (χ3n) is 9.01. The summed E-state index contributed by atoms with van der Waals surface area (Å²) in [5.74, 6) is 2.19. The van der Waals surface area contributed by atoms with Gasteiger partial charge in [-0.05, 0) is 100 Å². The summed E-state index contributed by atoms with van der Waals surface area (Å²) in [6.07, 6.45) is 4.52. The van der Waals surface area contributed by atoms with E-state index >= 15 is 0 Å². The molecule has 3 aromatic carbocycles. The first-order valence-electron chi connectivity index (χ1n) is 14.4. The molecule has 1 fully saturated rings. The summed E-state index contributed by atoms with van der Waals surface area (Å²) in [5, 5.41) is 3.54. The Morgan fingerprint density at radius 2 is 1.48 bits per heavy atom. The van der Waals surface area contributed by atoms with Crippen molar-refractivity contribution in [3.63, 3.8) is 0 Å². The van der Waals surface area contributed by atoms with Crippen LogP contribution in [0.4, 0.5) is 5.69 Å². The minimum absolute atomic E-state index is 0. The van der Waals surface area contributed by atoms with E-state index in [-0.39, 0.29) is 30.4 Å². The van der Waals surface area contributed by atoms with E-state index < -0.39 is 0 Å². The molecule has 0 radical (unpaired) electrons. The van der Waals surface area contributed by atoms with Crippen LogP contribution < -0.4 is 15.8 Å². The fraction of sp³-hybridized carbons (Fsp3) is 0.471. The topological polar surface area (TPSA) is 50.5 Å². The number of nitrogens with one attached hydrogen (secondary N) is 1. The third-order valence-corrected chi connectivity index (χ3v) is 9.01. The van der Waals surface area contributed by atoms with E-state index in [1.54, 1.807) is 0 Å². The Bertz CT molecular complexity index is 1150. The Morgan fingerprint density at radius 3 is 2.05 bits per heavy atom. The number of ether oxygens (including phenoxy) is 1. The molecule has 1 atom stereocenters. The van der Waals surface area contributed by atoms with Gasteiger partial charge in [-0.3, -0.25) is 4.90 Å². The maximum Gasteiger partial charge on any atom is 0.127 e. The molecular formula is C34H47Cl2N3O.